The van der Waals surface area contributed by atoms with Crippen LogP contribution in [-0.2, 0) is 0 Å². The summed E-state index contributed by atoms with van der Waals surface area (Å²) in [6, 6.07) is 2.78. The number of aliphatic hydroxyl groups excluding tert-OH is 1. The number of rotatable bonds is 3. The Balaban J connectivity index is 2.08. The highest BCUT2D eigenvalue weighted by atomic mass is 35.5. The summed E-state index contributed by atoms with van der Waals surface area (Å²) in [5, 5.41) is 9.26. The average molecular weight is 259 g/mol. The molecule has 0 bridgehead atoms. The van der Waals surface area contributed by atoms with Crippen molar-refractivity contribution >= 4 is 23.0 Å². The zero-order valence-corrected chi connectivity index (χ0v) is 10.4. The zero-order chi connectivity index (χ0) is 12.6. The molecule has 0 radical (unpaired) electrons. The molecule has 1 aromatic carbocycles. The van der Waals surface area contributed by atoms with Crippen LogP contribution in [0.1, 0.15) is 12.8 Å². The highest BCUT2D eigenvalue weighted by Crippen LogP contribution is 2.32. The van der Waals surface area contributed by atoms with Gasteiger partial charge in [0.25, 0.3) is 0 Å². The van der Waals surface area contributed by atoms with Crippen molar-refractivity contribution < 1.29 is 9.50 Å². The maximum atomic E-state index is 13.4. The van der Waals surface area contributed by atoms with Gasteiger partial charge in [0.15, 0.2) is 0 Å². The molecule has 0 saturated heterocycles. The van der Waals surface area contributed by atoms with Crippen LogP contribution in [0.2, 0.25) is 5.02 Å². The number of hydrogen-bond acceptors (Lipinski definition) is 3. The Morgan fingerprint density at radius 3 is 2.76 bits per heavy atom. The number of anilines is 2. The lowest BCUT2D eigenvalue weighted by atomic mass is 9.82. The van der Waals surface area contributed by atoms with Crippen LogP contribution in [0.25, 0.3) is 0 Å². The van der Waals surface area contributed by atoms with Crippen molar-refractivity contribution in [3.63, 3.8) is 0 Å². The van der Waals surface area contributed by atoms with E-state index in [1.54, 1.807) is 0 Å². The van der Waals surface area contributed by atoms with Crippen LogP contribution < -0.4 is 10.6 Å². The Morgan fingerprint density at radius 1 is 1.53 bits per heavy atom. The van der Waals surface area contributed by atoms with Crippen molar-refractivity contribution in [3.8, 4) is 0 Å². The highest BCUT2D eigenvalue weighted by Gasteiger charge is 2.28. The van der Waals surface area contributed by atoms with Gasteiger partial charge in [-0.25, -0.2) is 4.39 Å². The van der Waals surface area contributed by atoms with Gasteiger partial charge in [-0.2, -0.15) is 0 Å². The number of benzene rings is 1. The molecule has 1 fully saturated rings. The third kappa shape index (κ3) is 2.64. The fourth-order valence-corrected chi connectivity index (χ4v) is 2.39. The second-order valence-electron chi connectivity index (χ2n) is 4.70. The van der Waals surface area contributed by atoms with Gasteiger partial charge in [-0.05, 0) is 24.8 Å². The molecule has 2 rings (SSSR count). The molecular weight excluding hydrogens is 243 g/mol. The van der Waals surface area contributed by atoms with Crippen LogP contribution in [-0.4, -0.2) is 24.8 Å². The van der Waals surface area contributed by atoms with Crippen molar-refractivity contribution in [2.45, 2.75) is 18.9 Å². The minimum Gasteiger partial charge on any atom is -0.397 e. The first kappa shape index (κ1) is 12.5. The van der Waals surface area contributed by atoms with Gasteiger partial charge in [0.2, 0.25) is 0 Å². The molecule has 1 aliphatic carbocycles. The summed E-state index contributed by atoms with van der Waals surface area (Å²) in [5.74, 6) is -0.00972. The van der Waals surface area contributed by atoms with E-state index in [0.29, 0.717) is 17.3 Å². The molecule has 0 atom stereocenters. The first-order chi connectivity index (χ1) is 7.97. The topological polar surface area (TPSA) is 49.5 Å². The largest absolute Gasteiger partial charge is 0.397 e. The van der Waals surface area contributed by atoms with Crippen molar-refractivity contribution in [3.05, 3.63) is 23.0 Å². The van der Waals surface area contributed by atoms with E-state index in [-0.39, 0.29) is 11.1 Å². The Bertz CT molecular complexity index is 421. The van der Waals surface area contributed by atoms with Gasteiger partial charge in [0.05, 0.1) is 22.5 Å². The zero-order valence-electron chi connectivity index (χ0n) is 9.66. The predicted molar refractivity (Wildman–Crippen MR) is 67.8 cm³/mol. The van der Waals surface area contributed by atoms with E-state index >= 15 is 0 Å². The van der Waals surface area contributed by atoms with Gasteiger partial charge in [0.1, 0.15) is 5.82 Å². The molecule has 0 aliphatic heterocycles. The Kier molecular flexibility index (Phi) is 3.45. The summed E-state index contributed by atoms with van der Waals surface area (Å²) < 4.78 is 13.4. The lowest BCUT2D eigenvalue weighted by molar-refractivity contribution is 0.0465. The van der Waals surface area contributed by atoms with Crippen molar-refractivity contribution in [2.24, 2.45) is 5.92 Å². The number of aliphatic hydroxyl groups is 1. The van der Waals surface area contributed by atoms with Crippen molar-refractivity contribution in [2.75, 3.05) is 24.2 Å². The van der Waals surface area contributed by atoms with Gasteiger partial charge < -0.3 is 15.7 Å². The molecule has 0 aromatic heterocycles. The van der Waals surface area contributed by atoms with E-state index in [0.717, 1.165) is 19.4 Å². The Hall–Kier alpha value is -1.00. The first-order valence-corrected chi connectivity index (χ1v) is 5.99. The van der Waals surface area contributed by atoms with Crippen LogP contribution in [0.3, 0.4) is 0 Å². The molecule has 0 unspecified atom stereocenters. The molecule has 0 heterocycles. The van der Waals surface area contributed by atoms with Gasteiger partial charge >= 0.3 is 0 Å². The van der Waals surface area contributed by atoms with Crippen LogP contribution in [0.4, 0.5) is 15.8 Å². The molecular formula is C12H16ClFN2O. The van der Waals surface area contributed by atoms with Crippen molar-refractivity contribution in [1.82, 2.24) is 0 Å². The van der Waals surface area contributed by atoms with E-state index in [1.807, 2.05) is 11.9 Å². The third-order valence-electron chi connectivity index (χ3n) is 3.22. The summed E-state index contributed by atoms with van der Waals surface area (Å²) in [6.07, 6.45) is 1.44. The standard InChI is InChI=1S/C12H16ClFN2O/c1-16(6-7-2-8(17)3-7)12-5-10(14)9(13)4-11(12)15/h4-5,7-8,17H,2-3,6,15H2,1H3. The van der Waals surface area contributed by atoms with Gasteiger partial charge in [0, 0.05) is 19.7 Å². The minimum atomic E-state index is -0.462. The van der Waals surface area contributed by atoms with E-state index in [2.05, 4.69) is 0 Å². The Morgan fingerprint density at radius 2 is 2.18 bits per heavy atom. The van der Waals surface area contributed by atoms with E-state index in [4.69, 9.17) is 17.3 Å². The molecule has 0 amide bonds. The molecule has 0 spiro atoms. The van der Waals surface area contributed by atoms with Crippen LogP contribution in [0.5, 0.6) is 0 Å². The van der Waals surface area contributed by atoms with Crippen LogP contribution in [0, 0.1) is 11.7 Å². The summed E-state index contributed by atoms with van der Waals surface area (Å²) in [5.41, 5.74) is 6.93. The van der Waals surface area contributed by atoms with Crippen LogP contribution >= 0.6 is 11.6 Å². The number of nitrogens with two attached hydrogens (primary N) is 1. The lowest BCUT2D eigenvalue weighted by Gasteiger charge is -2.35. The van der Waals surface area contributed by atoms with Crippen LogP contribution in [0.15, 0.2) is 12.1 Å². The fraction of sp³-hybridized carbons (Fsp3) is 0.500. The van der Waals surface area contributed by atoms with Gasteiger partial charge in [-0.3, -0.25) is 0 Å². The Labute approximate surface area is 105 Å². The SMILES string of the molecule is CN(CC1CC(O)C1)c1cc(F)c(Cl)cc1N. The first-order valence-electron chi connectivity index (χ1n) is 5.61. The minimum absolute atomic E-state index is 0.0405. The number of nitrogen functional groups attached to an aromatic ring is 1. The van der Waals surface area contributed by atoms with Crippen molar-refractivity contribution in [1.29, 1.82) is 0 Å². The second kappa shape index (κ2) is 4.70. The third-order valence-corrected chi connectivity index (χ3v) is 3.51. The molecule has 17 heavy (non-hydrogen) atoms. The highest BCUT2D eigenvalue weighted by molar-refractivity contribution is 6.31. The summed E-state index contributed by atoms with van der Waals surface area (Å²) in [7, 11) is 1.86. The normalized spacial score (nSPS) is 23.3. The summed E-state index contributed by atoms with van der Waals surface area (Å²) in [4.78, 5) is 1.91. The van der Waals surface area contributed by atoms with E-state index in [9.17, 15) is 9.50 Å². The molecule has 1 saturated carbocycles. The number of hydrogen-bond donors (Lipinski definition) is 2. The number of nitrogens with zero attached hydrogens (tertiary/aromatic N) is 1. The molecule has 3 N–H and O–H groups in total. The summed E-state index contributed by atoms with van der Waals surface area (Å²) in [6.45, 7) is 0.766. The molecule has 3 nitrogen and oxygen atoms in total. The maximum absolute atomic E-state index is 13.4. The molecule has 94 valence electrons. The molecule has 5 heteroatoms. The molecule has 1 aromatic rings. The van der Waals surface area contributed by atoms with E-state index in [1.165, 1.54) is 12.1 Å². The summed E-state index contributed by atoms with van der Waals surface area (Å²) >= 11 is 5.65. The maximum Gasteiger partial charge on any atom is 0.144 e. The fourth-order valence-electron chi connectivity index (χ4n) is 2.22. The average Bonchev–Trinajstić information content (AvgIpc) is 2.21. The predicted octanol–water partition coefficient (Wildman–Crippen LogP) is 2.27. The van der Waals surface area contributed by atoms with Gasteiger partial charge in [-0.15, -0.1) is 0 Å². The van der Waals surface area contributed by atoms with Gasteiger partial charge in [-0.1, -0.05) is 11.6 Å². The second-order valence-corrected chi connectivity index (χ2v) is 5.10. The van der Waals surface area contributed by atoms with E-state index < -0.39 is 5.82 Å². The lowest BCUT2D eigenvalue weighted by Crippen LogP contribution is -2.37. The number of halogens is 2. The quantitative estimate of drug-likeness (QED) is 0.818. The molecule has 1 aliphatic rings. The monoisotopic (exact) mass is 258 g/mol. The smallest absolute Gasteiger partial charge is 0.144 e.